The highest BCUT2D eigenvalue weighted by atomic mass is 16.5. The zero-order valence-electron chi connectivity index (χ0n) is 8.70. The highest BCUT2D eigenvalue weighted by molar-refractivity contribution is 5.76. The highest BCUT2D eigenvalue weighted by Gasteiger charge is 2.45. The van der Waals surface area contributed by atoms with Gasteiger partial charge in [0.25, 0.3) is 0 Å². The third kappa shape index (κ3) is 2.30. The van der Waals surface area contributed by atoms with Crippen LogP contribution in [0.5, 0.6) is 0 Å². The van der Waals surface area contributed by atoms with Crippen molar-refractivity contribution >= 4 is 5.97 Å². The van der Waals surface area contributed by atoms with Gasteiger partial charge in [-0.2, -0.15) is 0 Å². The Labute approximate surface area is 88.7 Å². The first kappa shape index (κ1) is 10.9. The van der Waals surface area contributed by atoms with Crippen LogP contribution in [0.1, 0.15) is 12.8 Å². The summed E-state index contributed by atoms with van der Waals surface area (Å²) in [5.41, 5.74) is -0.696. The summed E-state index contributed by atoms with van der Waals surface area (Å²) in [6, 6.07) is 0. The standard InChI is InChI=1S/C10H17NO4/c12-9(13)10(6-14-7-10)5-11-4-8-2-1-3-15-8/h8,11H,1-7H2,(H,12,13). The number of aliphatic carboxylic acids is 1. The lowest BCUT2D eigenvalue weighted by molar-refractivity contribution is -0.178. The number of carboxylic acids is 1. The number of nitrogens with one attached hydrogen (secondary N) is 1. The molecule has 0 amide bonds. The van der Waals surface area contributed by atoms with E-state index in [2.05, 4.69) is 5.32 Å². The SMILES string of the molecule is O=C(O)C1(CNCC2CCCO2)COC1. The fourth-order valence-electron chi connectivity index (χ4n) is 1.93. The van der Waals surface area contributed by atoms with Crippen LogP contribution in [0.15, 0.2) is 0 Å². The maximum atomic E-state index is 11.0. The maximum absolute atomic E-state index is 11.0. The van der Waals surface area contributed by atoms with Gasteiger partial charge in [0.15, 0.2) is 0 Å². The normalized spacial score (nSPS) is 28.7. The Morgan fingerprint density at radius 1 is 1.53 bits per heavy atom. The van der Waals surface area contributed by atoms with Crippen LogP contribution in [0.3, 0.4) is 0 Å². The van der Waals surface area contributed by atoms with Gasteiger partial charge in [-0.3, -0.25) is 4.79 Å². The summed E-state index contributed by atoms with van der Waals surface area (Å²) in [7, 11) is 0. The van der Waals surface area contributed by atoms with E-state index in [4.69, 9.17) is 14.6 Å². The molecule has 2 rings (SSSR count). The first-order valence-corrected chi connectivity index (χ1v) is 5.36. The third-order valence-corrected chi connectivity index (χ3v) is 3.07. The number of carboxylic acid groups (broad SMARTS) is 1. The smallest absolute Gasteiger partial charge is 0.315 e. The summed E-state index contributed by atoms with van der Waals surface area (Å²) in [5, 5.41) is 12.2. The number of ether oxygens (including phenoxy) is 2. The Bertz CT molecular complexity index is 234. The van der Waals surface area contributed by atoms with Crippen LogP contribution in [0.2, 0.25) is 0 Å². The van der Waals surface area contributed by atoms with Gasteiger partial charge in [-0.1, -0.05) is 0 Å². The Kier molecular flexibility index (Phi) is 3.23. The summed E-state index contributed by atoms with van der Waals surface area (Å²) in [6.07, 6.45) is 2.44. The molecule has 0 aromatic heterocycles. The number of hydrogen-bond donors (Lipinski definition) is 2. The Balaban J connectivity index is 1.69. The molecule has 0 aromatic carbocycles. The predicted molar refractivity (Wildman–Crippen MR) is 52.7 cm³/mol. The van der Waals surface area contributed by atoms with Crippen molar-refractivity contribution < 1.29 is 19.4 Å². The first-order chi connectivity index (χ1) is 7.23. The van der Waals surface area contributed by atoms with Gasteiger partial charge in [0, 0.05) is 19.7 Å². The van der Waals surface area contributed by atoms with Crippen LogP contribution < -0.4 is 5.32 Å². The lowest BCUT2D eigenvalue weighted by Crippen LogP contribution is -2.55. The van der Waals surface area contributed by atoms with Crippen molar-refractivity contribution in [2.45, 2.75) is 18.9 Å². The predicted octanol–water partition coefficient (Wildman–Crippen LogP) is -0.144. The van der Waals surface area contributed by atoms with Crippen LogP contribution >= 0.6 is 0 Å². The lowest BCUT2D eigenvalue weighted by atomic mass is 9.86. The molecular weight excluding hydrogens is 198 g/mol. The van der Waals surface area contributed by atoms with Gasteiger partial charge in [-0.25, -0.2) is 0 Å². The molecule has 0 bridgehead atoms. The largest absolute Gasteiger partial charge is 0.481 e. The van der Waals surface area contributed by atoms with Crippen molar-refractivity contribution in [3.8, 4) is 0 Å². The molecule has 2 aliphatic heterocycles. The van der Waals surface area contributed by atoms with E-state index >= 15 is 0 Å². The third-order valence-electron chi connectivity index (χ3n) is 3.07. The van der Waals surface area contributed by atoms with Gasteiger partial charge >= 0.3 is 5.97 Å². The van der Waals surface area contributed by atoms with E-state index in [1.54, 1.807) is 0 Å². The van der Waals surface area contributed by atoms with Gasteiger partial charge in [0.1, 0.15) is 5.41 Å². The van der Waals surface area contributed by atoms with Crippen molar-refractivity contribution in [1.29, 1.82) is 0 Å². The summed E-state index contributed by atoms with van der Waals surface area (Å²) in [5.74, 6) is -0.770. The molecule has 1 unspecified atom stereocenters. The van der Waals surface area contributed by atoms with Crippen molar-refractivity contribution in [2.75, 3.05) is 32.9 Å². The Morgan fingerprint density at radius 2 is 2.33 bits per heavy atom. The fourth-order valence-corrected chi connectivity index (χ4v) is 1.93. The Morgan fingerprint density at radius 3 is 2.80 bits per heavy atom. The lowest BCUT2D eigenvalue weighted by Gasteiger charge is -2.37. The minimum atomic E-state index is -0.770. The quantitative estimate of drug-likeness (QED) is 0.668. The van der Waals surface area contributed by atoms with Gasteiger partial charge in [0.05, 0.1) is 19.3 Å². The van der Waals surface area contributed by atoms with E-state index in [1.807, 2.05) is 0 Å². The molecule has 2 heterocycles. The molecule has 0 aliphatic carbocycles. The van der Waals surface area contributed by atoms with Gasteiger partial charge in [-0.15, -0.1) is 0 Å². The van der Waals surface area contributed by atoms with Crippen LogP contribution in [0.4, 0.5) is 0 Å². The molecule has 2 saturated heterocycles. The van der Waals surface area contributed by atoms with Crippen LogP contribution in [-0.2, 0) is 14.3 Å². The zero-order valence-corrected chi connectivity index (χ0v) is 8.70. The van der Waals surface area contributed by atoms with Gasteiger partial charge in [0.2, 0.25) is 0 Å². The molecule has 5 nitrogen and oxygen atoms in total. The molecule has 2 fully saturated rings. The maximum Gasteiger partial charge on any atom is 0.315 e. The first-order valence-electron chi connectivity index (χ1n) is 5.36. The average molecular weight is 215 g/mol. The highest BCUT2D eigenvalue weighted by Crippen LogP contribution is 2.26. The van der Waals surface area contributed by atoms with E-state index in [0.29, 0.717) is 19.8 Å². The van der Waals surface area contributed by atoms with Gasteiger partial charge < -0.3 is 19.9 Å². The molecule has 0 radical (unpaired) electrons. The molecule has 0 spiro atoms. The zero-order chi connectivity index (χ0) is 10.7. The molecule has 2 N–H and O–H groups in total. The van der Waals surface area contributed by atoms with Crippen molar-refractivity contribution in [1.82, 2.24) is 5.32 Å². The van der Waals surface area contributed by atoms with Crippen molar-refractivity contribution in [3.05, 3.63) is 0 Å². The summed E-state index contributed by atoms with van der Waals surface area (Å²) in [6.45, 7) is 2.69. The molecule has 5 heteroatoms. The van der Waals surface area contributed by atoms with E-state index in [1.165, 1.54) is 0 Å². The second-order valence-electron chi connectivity index (χ2n) is 4.34. The van der Waals surface area contributed by atoms with Crippen LogP contribution in [0.25, 0.3) is 0 Å². The molecule has 15 heavy (non-hydrogen) atoms. The molecule has 2 aliphatic rings. The van der Waals surface area contributed by atoms with Crippen LogP contribution in [0, 0.1) is 5.41 Å². The fraction of sp³-hybridized carbons (Fsp3) is 0.900. The topological polar surface area (TPSA) is 67.8 Å². The second kappa shape index (κ2) is 4.47. The minimum Gasteiger partial charge on any atom is -0.481 e. The van der Waals surface area contributed by atoms with E-state index in [-0.39, 0.29) is 6.10 Å². The molecule has 0 aromatic rings. The second-order valence-corrected chi connectivity index (χ2v) is 4.34. The summed E-state index contributed by atoms with van der Waals surface area (Å²) < 4.78 is 10.4. The number of rotatable bonds is 5. The van der Waals surface area contributed by atoms with Crippen molar-refractivity contribution in [2.24, 2.45) is 5.41 Å². The number of carbonyl (C=O) groups is 1. The monoisotopic (exact) mass is 215 g/mol. The Hall–Kier alpha value is -0.650. The molecule has 86 valence electrons. The van der Waals surface area contributed by atoms with Crippen LogP contribution in [-0.4, -0.2) is 50.1 Å². The number of hydrogen-bond acceptors (Lipinski definition) is 4. The molecular formula is C10H17NO4. The van der Waals surface area contributed by atoms with E-state index in [9.17, 15) is 4.79 Å². The van der Waals surface area contributed by atoms with Crippen molar-refractivity contribution in [3.63, 3.8) is 0 Å². The van der Waals surface area contributed by atoms with Gasteiger partial charge in [-0.05, 0) is 12.8 Å². The average Bonchev–Trinajstić information content (AvgIpc) is 2.61. The van der Waals surface area contributed by atoms with E-state index < -0.39 is 11.4 Å². The van der Waals surface area contributed by atoms with E-state index in [0.717, 1.165) is 26.0 Å². The summed E-state index contributed by atoms with van der Waals surface area (Å²) >= 11 is 0. The minimum absolute atomic E-state index is 0.261. The molecule has 1 atom stereocenters. The molecule has 0 saturated carbocycles. The summed E-state index contributed by atoms with van der Waals surface area (Å²) in [4.78, 5) is 11.0.